The number of nitrogens with one attached hydrogen (secondary N) is 1. The second-order valence-electron chi connectivity index (χ2n) is 8.91. The maximum absolute atomic E-state index is 14.1. The number of thiocarbonyl (C=S) groups is 1. The number of aryl methyl sites for hydroxylation is 3. The van der Waals surface area contributed by atoms with Crippen molar-refractivity contribution in [2.75, 3.05) is 4.90 Å². The summed E-state index contributed by atoms with van der Waals surface area (Å²) in [7, 11) is 0. The molecule has 1 N–H and O–H groups in total. The summed E-state index contributed by atoms with van der Waals surface area (Å²) < 4.78 is 16.2. The van der Waals surface area contributed by atoms with Gasteiger partial charge in [0.2, 0.25) is 0 Å². The number of benzene rings is 2. The van der Waals surface area contributed by atoms with Crippen molar-refractivity contribution in [3.63, 3.8) is 0 Å². The van der Waals surface area contributed by atoms with Gasteiger partial charge in [-0.2, -0.15) is 0 Å². The Labute approximate surface area is 205 Å². The Morgan fingerprint density at radius 3 is 2.41 bits per heavy atom. The minimum atomic E-state index is -0.251. The molecule has 1 fully saturated rings. The first-order valence-electron chi connectivity index (χ1n) is 11.4. The van der Waals surface area contributed by atoms with Gasteiger partial charge in [-0.05, 0) is 105 Å². The van der Waals surface area contributed by atoms with Crippen molar-refractivity contribution in [1.82, 2.24) is 14.9 Å². The van der Waals surface area contributed by atoms with Gasteiger partial charge in [0.1, 0.15) is 5.82 Å². The molecule has 3 heterocycles. The van der Waals surface area contributed by atoms with Gasteiger partial charge in [0.15, 0.2) is 5.11 Å². The molecule has 4 nitrogen and oxygen atoms in total. The molecule has 34 heavy (non-hydrogen) atoms. The van der Waals surface area contributed by atoms with Crippen LogP contribution in [0.3, 0.4) is 0 Å². The molecule has 172 valence electrons. The lowest BCUT2D eigenvalue weighted by Crippen LogP contribution is -2.29. The van der Waals surface area contributed by atoms with Crippen LogP contribution in [0.4, 0.5) is 10.1 Å². The number of anilines is 1. The summed E-state index contributed by atoms with van der Waals surface area (Å²) in [5.41, 5.74) is 8.45. The molecule has 6 heteroatoms. The maximum Gasteiger partial charge on any atom is 0.174 e. The van der Waals surface area contributed by atoms with E-state index >= 15 is 0 Å². The fourth-order valence-electron chi connectivity index (χ4n) is 4.92. The van der Waals surface area contributed by atoms with E-state index in [1.54, 1.807) is 12.1 Å². The van der Waals surface area contributed by atoms with Crippen LogP contribution in [0, 0.1) is 33.5 Å². The molecule has 5 rings (SSSR count). The van der Waals surface area contributed by atoms with E-state index in [2.05, 4.69) is 71.7 Å². The standard InChI is InChI=1S/C28H27FN4S/c1-17-11-12-23(14-18(17)2)33-27(26(31-28(33)34)25-10-5-6-13-30-25)24-15-19(3)32(20(24)4)22-9-7-8-21(29)16-22/h5-16,26-27H,1-4H3,(H,31,34)/t26-,27-/m1/s1. The summed E-state index contributed by atoms with van der Waals surface area (Å²) in [4.78, 5) is 6.85. The molecular formula is C28H27FN4S. The van der Waals surface area contributed by atoms with Crippen LogP contribution in [0.1, 0.15) is 45.9 Å². The van der Waals surface area contributed by atoms with Crippen LogP contribution in [0.15, 0.2) is 72.9 Å². The number of halogens is 1. The van der Waals surface area contributed by atoms with Gasteiger partial charge in [0.25, 0.3) is 0 Å². The first-order chi connectivity index (χ1) is 16.3. The smallest absolute Gasteiger partial charge is 0.174 e. The van der Waals surface area contributed by atoms with Crippen molar-refractivity contribution < 1.29 is 4.39 Å². The number of nitrogens with zero attached hydrogens (tertiary/aromatic N) is 3. The minimum absolute atomic E-state index is 0.113. The van der Waals surface area contributed by atoms with E-state index < -0.39 is 0 Å². The quantitative estimate of drug-likeness (QED) is 0.349. The van der Waals surface area contributed by atoms with Gasteiger partial charge < -0.3 is 14.8 Å². The second-order valence-corrected chi connectivity index (χ2v) is 9.29. The Kier molecular flexibility index (Phi) is 5.70. The summed E-state index contributed by atoms with van der Waals surface area (Å²) in [5.74, 6) is -0.251. The zero-order chi connectivity index (χ0) is 24.0. The molecule has 2 aromatic heterocycles. The van der Waals surface area contributed by atoms with Crippen LogP contribution in [0.5, 0.6) is 0 Å². The highest BCUT2D eigenvalue weighted by Crippen LogP contribution is 2.44. The highest BCUT2D eigenvalue weighted by molar-refractivity contribution is 7.80. The number of rotatable bonds is 4. The van der Waals surface area contributed by atoms with Crippen molar-refractivity contribution >= 4 is 23.0 Å². The van der Waals surface area contributed by atoms with Gasteiger partial charge in [-0.15, -0.1) is 0 Å². The average molecular weight is 471 g/mol. The van der Waals surface area contributed by atoms with E-state index in [-0.39, 0.29) is 17.9 Å². The number of aromatic nitrogens is 2. The van der Waals surface area contributed by atoms with E-state index in [0.717, 1.165) is 34.0 Å². The normalized spacial score (nSPS) is 17.8. The maximum atomic E-state index is 14.1. The zero-order valence-corrected chi connectivity index (χ0v) is 20.5. The molecule has 2 atom stereocenters. The third-order valence-corrected chi connectivity index (χ3v) is 7.04. The van der Waals surface area contributed by atoms with Crippen LogP contribution >= 0.6 is 12.2 Å². The van der Waals surface area contributed by atoms with Gasteiger partial charge >= 0.3 is 0 Å². The lowest BCUT2D eigenvalue weighted by molar-refractivity contribution is 0.565. The molecule has 0 amide bonds. The highest BCUT2D eigenvalue weighted by atomic mass is 32.1. The summed E-state index contributed by atoms with van der Waals surface area (Å²) in [5, 5.41) is 4.20. The molecule has 0 aliphatic carbocycles. The molecule has 0 unspecified atom stereocenters. The monoisotopic (exact) mass is 470 g/mol. The Morgan fingerprint density at radius 1 is 0.882 bits per heavy atom. The van der Waals surface area contributed by atoms with Crippen LogP contribution < -0.4 is 10.2 Å². The van der Waals surface area contributed by atoms with Gasteiger partial charge in [0.05, 0.1) is 17.8 Å². The number of pyridine rings is 1. The van der Waals surface area contributed by atoms with Crippen molar-refractivity contribution in [3.8, 4) is 5.69 Å². The van der Waals surface area contributed by atoms with Crippen LogP contribution in [0.2, 0.25) is 0 Å². The van der Waals surface area contributed by atoms with Gasteiger partial charge in [-0.3, -0.25) is 4.98 Å². The number of hydrogen-bond donors (Lipinski definition) is 1. The van der Waals surface area contributed by atoms with E-state index in [4.69, 9.17) is 12.2 Å². The first-order valence-corrected chi connectivity index (χ1v) is 11.8. The lowest BCUT2D eigenvalue weighted by atomic mass is 9.96. The van der Waals surface area contributed by atoms with E-state index in [1.807, 2.05) is 30.5 Å². The fourth-order valence-corrected chi connectivity index (χ4v) is 5.27. The third-order valence-electron chi connectivity index (χ3n) is 6.72. The van der Waals surface area contributed by atoms with Crippen molar-refractivity contribution in [2.24, 2.45) is 0 Å². The van der Waals surface area contributed by atoms with Gasteiger partial charge in [-0.25, -0.2) is 4.39 Å². The van der Waals surface area contributed by atoms with E-state index in [1.165, 1.54) is 17.2 Å². The first kappa shape index (κ1) is 22.3. The minimum Gasteiger partial charge on any atom is -0.351 e. The zero-order valence-electron chi connectivity index (χ0n) is 19.7. The summed E-state index contributed by atoms with van der Waals surface area (Å²) in [6.45, 7) is 8.37. The van der Waals surface area contributed by atoms with Crippen LogP contribution in [-0.4, -0.2) is 14.7 Å². The molecule has 0 saturated carbocycles. The predicted octanol–water partition coefficient (Wildman–Crippen LogP) is 6.42. The molecule has 1 aliphatic rings. The molecule has 0 radical (unpaired) electrons. The topological polar surface area (TPSA) is 33.1 Å². The van der Waals surface area contributed by atoms with Crippen LogP contribution in [0.25, 0.3) is 5.69 Å². The Balaban J connectivity index is 1.69. The fraction of sp³-hybridized carbons (Fsp3) is 0.214. The van der Waals surface area contributed by atoms with Crippen molar-refractivity contribution in [1.29, 1.82) is 0 Å². The molecule has 4 aromatic rings. The molecule has 0 bridgehead atoms. The van der Waals surface area contributed by atoms with E-state index in [9.17, 15) is 4.39 Å². The lowest BCUT2D eigenvalue weighted by Gasteiger charge is -2.28. The number of hydrogen-bond acceptors (Lipinski definition) is 2. The summed E-state index contributed by atoms with van der Waals surface area (Å²) >= 11 is 5.88. The Bertz CT molecular complexity index is 1380. The van der Waals surface area contributed by atoms with Crippen molar-refractivity contribution in [3.05, 3.63) is 113 Å². The average Bonchev–Trinajstić information content (AvgIpc) is 3.31. The molecule has 2 aromatic carbocycles. The molecular weight excluding hydrogens is 443 g/mol. The van der Waals surface area contributed by atoms with E-state index in [0.29, 0.717) is 5.11 Å². The summed E-state index contributed by atoms with van der Waals surface area (Å²) in [6.07, 6.45) is 1.81. The SMILES string of the molecule is Cc1ccc(N2C(=S)N[C@H](c3ccccn3)[C@H]2c2cc(C)n(-c3cccc(F)c3)c2C)cc1C. The summed E-state index contributed by atoms with van der Waals surface area (Å²) in [6, 6.07) is 21.0. The van der Waals surface area contributed by atoms with Crippen molar-refractivity contribution in [2.45, 2.75) is 39.8 Å². The predicted molar refractivity (Wildman–Crippen MR) is 139 cm³/mol. The molecule has 1 saturated heterocycles. The van der Waals surface area contributed by atoms with Gasteiger partial charge in [-0.1, -0.05) is 18.2 Å². The Morgan fingerprint density at radius 2 is 1.71 bits per heavy atom. The second kappa shape index (κ2) is 8.69. The van der Waals surface area contributed by atoms with Gasteiger partial charge in [0, 0.05) is 29.0 Å². The highest BCUT2D eigenvalue weighted by Gasteiger charge is 2.42. The third kappa shape index (κ3) is 3.78. The van der Waals surface area contributed by atoms with Crippen LogP contribution in [-0.2, 0) is 0 Å². The molecule has 1 aliphatic heterocycles. The molecule has 0 spiro atoms. The Hall–Kier alpha value is -3.51. The largest absolute Gasteiger partial charge is 0.351 e.